The summed E-state index contributed by atoms with van der Waals surface area (Å²) in [6.45, 7) is 6.47. The zero-order valence-electron chi connectivity index (χ0n) is 71.3. The fourth-order valence-corrected chi connectivity index (χ4v) is 16.2. The second-order valence-electron chi connectivity index (χ2n) is 31.5. The van der Waals surface area contributed by atoms with Crippen molar-refractivity contribution in [3.63, 3.8) is 0 Å². The van der Waals surface area contributed by atoms with Gasteiger partial charge in [-0.25, -0.2) is 0 Å². The third-order valence-corrected chi connectivity index (χ3v) is 22.8. The zero-order chi connectivity index (χ0) is 86.5. The summed E-state index contributed by atoms with van der Waals surface area (Å²) in [6, 6.07) is 129. The van der Waals surface area contributed by atoms with Gasteiger partial charge in [-0.3, -0.25) is 33.1 Å². The zero-order valence-corrected chi connectivity index (χ0v) is 80.9. The van der Waals surface area contributed by atoms with Crippen LogP contribution in [0.5, 0.6) is 0 Å². The van der Waals surface area contributed by atoms with Gasteiger partial charge in [-0.2, -0.15) is 13.2 Å². The molecule has 0 atom stereocenters. The van der Waals surface area contributed by atoms with Gasteiger partial charge in [0.05, 0.1) is 33.1 Å². The van der Waals surface area contributed by atoms with E-state index in [-0.39, 0.29) is 103 Å². The summed E-state index contributed by atoms with van der Waals surface area (Å²) in [5, 5.41) is 6.69. The predicted octanol–water partition coefficient (Wildman–Crippen LogP) is 31.7. The van der Waals surface area contributed by atoms with Gasteiger partial charge in [0.2, 0.25) is 0 Å². The third kappa shape index (κ3) is 22.3. The SMILES string of the molecule is CCCCc1ccc(-c2cc(-c3ccc4ccccc4n3)[c-]cc2F)cc1.CCCCc1cccc(-c2cc(-c3ccc4ccccc4n3)[c-]cc2C(F)(F)F)c1.CCCCc1cccc(-c2cc(-c3ccc4ccccc4n3)[c-]cc2F)c1.Fc1c[c-]c(-c2ccc3ccccc3n2)cc1-c1cccc(-c2cccc(-n3c4ccccc4c4ccccc43)c2)c1.[Ir].[Ir].[Ir].[Ir]. The molecule has 15 heteroatoms. The Morgan fingerprint density at radius 2 is 0.600 bits per heavy atom. The maximum atomic E-state index is 15.2. The fraction of sp³-hybridized carbons (Fsp3) is 0.113. The van der Waals surface area contributed by atoms with Crippen molar-refractivity contribution in [3.05, 3.63) is 428 Å². The van der Waals surface area contributed by atoms with E-state index >= 15 is 4.39 Å². The topological polar surface area (TPSA) is 56.5 Å². The number of halogens is 6. The Balaban J connectivity index is 0.000000149. The molecular weight excluding hydrogens is 2330 g/mol. The van der Waals surface area contributed by atoms with Crippen LogP contribution >= 0.6 is 0 Å². The minimum absolute atomic E-state index is 0. The average molecular weight is 2420 g/mol. The molecule has 654 valence electrons. The molecule has 0 amide bonds. The first-order valence-electron chi connectivity index (χ1n) is 42.9. The molecule has 0 aliphatic rings. The van der Waals surface area contributed by atoms with E-state index in [2.05, 4.69) is 164 Å². The molecule has 20 aromatic rings. The quantitative estimate of drug-likeness (QED) is 0.0598. The number of hydrogen-bond acceptors (Lipinski definition) is 4. The Kier molecular flexibility index (Phi) is 32.7. The van der Waals surface area contributed by atoms with Gasteiger partial charge in [0.1, 0.15) is 0 Å². The van der Waals surface area contributed by atoms with Gasteiger partial charge in [0.15, 0.2) is 0 Å². The maximum absolute atomic E-state index is 15.2. The van der Waals surface area contributed by atoms with Gasteiger partial charge in [0, 0.05) is 114 Å². The summed E-state index contributed by atoms with van der Waals surface area (Å²) < 4.78 is 87.8. The molecule has 0 spiro atoms. The molecule has 0 fully saturated rings. The van der Waals surface area contributed by atoms with Gasteiger partial charge in [-0.15, -0.1) is 95.1 Å². The van der Waals surface area contributed by atoms with Crippen LogP contribution in [0.2, 0.25) is 0 Å². The first-order valence-corrected chi connectivity index (χ1v) is 42.9. The minimum Gasteiger partial charge on any atom is -0.309 e. The van der Waals surface area contributed by atoms with Gasteiger partial charge in [0.25, 0.3) is 0 Å². The summed E-state index contributed by atoms with van der Waals surface area (Å²) >= 11 is 0. The molecule has 0 saturated heterocycles. The molecule has 0 saturated carbocycles. The van der Waals surface area contributed by atoms with E-state index in [1.54, 1.807) is 12.1 Å². The molecule has 0 aliphatic heterocycles. The van der Waals surface area contributed by atoms with E-state index in [0.717, 1.165) is 167 Å². The first-order chi connectivity index (χ1) is 61.7. The Hall–Kier alpha value is -12.1. The monoisotopic (exact) mass is 2420 g/mol. The second kappa shape index (κ2) is 44.5. The van der Waals surface area contributed by atoms with Crippen molar-refractivity contribution in [3.8, 4) is 106 Å². The molecule has 5 heterocycles. The summed E-state index contributed by atoms with van der Waals surface area (Å²) in [5.74, 6) is -0.830. The Labute approximate surface area is 808 Å². The maximum Gasteiger partial charge on any atom is 0.382 e. The van der Waals surface area contributed by atoms with Crippen molar-refractivity contribution in [2.75, 3.05) is 0 Å². The number of unbranched alkanes of at least 4 members (excludes halogenated alkanes) is 3. The smallest absolute Gasteiger partial charge is 0.309 e. The number of pyridine rings is 4. The number of aryl methyl sites for hydroxylation is 3. The number of benzene rings is 15. The van der Waals surface area contributed by atoms with Crippen LogP contribution in [-0.4, -0.2) is 24.5 Å². The van der Waals surface area contributed by atoms with E-state index in [4.69, 9.17) is 15.0 Å². The number of alkyl halides is 3. The van der Waals surface area contributed by atoms with E-state index < -0.39 is 11.7 Å². The van der Waals surface area contributed by atoms with Crippen molar-refractivity contribution in [1.29, 1.82) is 0 Å². The second-order valence-corrected chi connectivity index (χ2v) is 31.5. The summed E-state index contributed by atoms with van der Waals surface area (Å²) in [6.07, 6.45) is 5.15. The minimum atomic E-state index is -4.46. The number of rotatable bonds is 19. The van der Waals surface area contributed by atoms with Crippen LogP contribution in [0.1, 0.15) is 81.5 Å². The number of nitrogens with zero attached hydrogens (tertiary/aromatic N) is 5. The van der Waals surface area contributed by atoms with Crippen LogP contribution < -0.4 is 0 Å². The summed E-state index contributed by atoms with van der Waals surface area (Å²) in [4.78, 5) is 18.8. The number of aromatic nitrogens is 5. The predicted molar refractivity (Wildman–Crippen MR) is 506 cm³/mol. The summed E-state index contributed by atoms with van der Waals surface area (Å²) in [5.41, 5.74) is 22.8. The Morgan fingerprint density at radius 3 is 1.01 bits per heavy atom. The molecule has 5 aromatic heterocycles. The number of hydrogen-bond donors (Lipinski definition) is 0. The van der Waals surface area contributed by atoms with Crippen molar-refractivity contribution in [2.24, 2.45) is 0 Å². The van der Waals surface area contributed by atoms with E-state index in [9.17, 15) is 22.0 Å². The Bertz CT molecular complexity index is 7270. The van der Waals surface area contributed by atoms with Gasteiger partial charge >= 0.3 is 6.18 Å². The van der Waals surface area contributed by atoms with Crippen LogP contribution in [0, 0.1) is 41.7 Å². The van der Waals surface area contributed by atoms with Crippen LogP contribution in [0.4, 0.5) is 26.3 Å². The van der Waals surface area contributed by atoms with Gasteiger partial charge in [-0.1, -0.05) is 323 Å². The molecule has 130 heavy (non-hydrogen) atoms. The number of para-hydroxylation sites is 6. The third-order valence-electron chi connectivity index (χ3n) is 22.8. The molecule has 0 aliphatic carbocycles. The largest absolute Gasteiger partial charge is 0.382 e. The normalized spacial score (nSPS) is 11.0. The molecular formula is C115H87F6Ir4N5-4. The van der Waals surface area contributed by atoms with Crippen molar-refractivity contribution in [1.82, 2.24) is 24.5 Å². The average Bonchev–Trinajstić information content (AvgIpc) is 1.59. The number of fused-ring (bicyclic) bond motifs is 7. The van der Waals surface area contributed by atoms with Gasteiger partial charge in [-0.05, 0) is 193 Å². The fourth-order valence-electron chi connectivity index (χ4n) is 16.2. The molecule has 20 rings (SSSR count). The van der Waals surface area contributed by atoms with Crippen molar-refractivity contribution < 1.29 is 107 Å². The summed E-state index contributed by atoms with van der Waals surface area (Å²) in [7, 11) is 0. The Morgan fingerprint density at radius 1 is 0.277 bits per heavy atom. The van der Waals surface area contributed by atoms with Gasteiger partial charge < -0.3 is 4.57 Å². The van der Waals surface area contributed by atoms with Crippen molar-refractivity contribution >= 4 is 65.4 Å². The van der Waals surface area contributed by atoms with E-state index in [1.807, 2.05) is 218 Å². The van der Waals surface area contributed by atoms with Crippen LogP contribution in [0.25, 0.3) is 172 Å². The van der Waals surface area contributed by atoms with Crippen molar-refractivity contribution in [2.45, 2.75) is 84.7 Å². The molecule has 15 aromatic carbocycles. The standard InChI is InChI=1S/C39H24FN2.C26H21F3N.2C25H21FN.4Ir/c40-35-21-19-30(37-22-20-26-9-1-4-16-36(26)41-37)25-34(35)29-12-7-10-27(23-29)28-11-8-13-31(24-28)42-38-17-5-2-14-32(38)33-15-3-6-18-39(33)42;1-2-3-7-18-8-6-10-20(16-18)22-17-21(12-14-23(22)26(27,28)29)25-15-13-19-9-4-5-11-24(19)30-25;1-2-3-7-18-8-6-10-20(16-18)22-17-21(12-14-23(22)26)25-15-13-19-9-4-5-11-24(19)27-25;1-2-3-6-18-9-11-19(12-10-18)22-17-21(13-15-23(22)26)25-16-14-20-7-4-5-8-24(20)27-25;;;;/h1-18,20-25H;4-6,8-11,13-17H,2-3,7H2,1H3;4-6,8-11,13-17H,2-3,7H2,1H3;4-5,7-12,14-17H,2-3,6H2,1H3;;;;/q4*-1;;;;. The van der Waals surface area contributed by atoms with E-state index in [1.165, 1.54) is 64.0 Å². The van der Waals surface area contributed by atoms with Crippen LogP contribution in [0.15, 0.2) is 364 Å². The van der Waals surface area contributed by atoms with Crippen LogP contribution in [0.3, 0.4) is 0 Å². The van der Waals surface area contributed by atoms with Crippen LogP contribution in [-0.2, 0) is 106 Å². The molecule has 0 bridgehead atoms. The molecule has 5 nitrogen and oxygen atoms in total. The molecule has 0 N–H and O–H groups in total. The molecule has 4 radical (unpaired) electrons. The van der Waals surface area contributed by atoms with E-state index in [0.29, 0.717) is 33.5 Å². The molecule has 0 unspecified atom stereocenters. The first kappa shape index (κ1) is 95.5.